The lowest BCUT2D eigenvalue weighted by molar-refractivity contribution is 0.120. The van der Waals surface area contributed by atoms with E-state index >= 15 is 0 Å². The van der Waals surface area contributed by atoms with Crippen LogP contribution in [0.3, 0.4) is 0 Å². The molecule has 0 saturated carbocycles. The van der Waals surface area contributed by atoms with E-state index < -0.39 is 0 Å². The highest BCUT2D eigenvalue weighted by Crippen LogP contribution is 2.18. The predicted octanol–water partition coefficient (Wildman–Crippen LogP) is 2.06. The number of imidazole rings is 1. The smallest absolute Gasteiger partial charge is 0.135 e. The van der Waals surface area contributed by atoms with E-state index in [0.717, 1.165) is 24.3 Å². The third kappa shape index (κ3) is 2.68. The molecule has 0 unspecified atom stereocenters. The van der Waals surface area contributed by atoms with Crippen LogP contribution >= 0.6 is 0 Å². The highest BCUT2D eigenvalue weighted by Gasteiger charge is 2.10. The van der Waals surface area contributed by atoms with Crippen molar-refractivity contribution in [2.75, 3.05) is 13.2 Å². The molecule has 0 aliphatic carbocycles. The van der Waals surface area contributed by atoms with E-state index in [1.807, 2.05) is 0 Å². The zero-order chi connectivity index (χ0) is 13.0. The van der Waals surface area contributed by atoms with E-state index in [1.54, 1.807) is 6.07 Å². The summed E-state index contributed by atoms with van der Waals surface area (Å²) in [5.41, 5.74) is 7.01. The molecule has 0 fully saturated rings. The van der Waals surface area contributed by atoms with Gasteiger partial charge in [0.2, 0.25) is 0 Å². The molecule has 2 N–H and O–H groups in total. The molecular formula is C13H18FN3O. The van der Waals surface area contributed by atoms with Gasteiger partial charge in [-0.1, -0.05) is 6.92 Å². The number of nitrogens with zero attached hydrogens (tertiary/aromatic N) is 2. The van der Waals surface area contributed by atoms with Crippen molar-refractivity contribution in [1.29, 1.82) is 0 Å². The molecule has 0 radical (unpaired) electrons. The molecule has 0 atom stereocenters. The van der Waals surface area contributed by atoms with Crippen molar-refractivity contribution in [2.45, 2.75) is 26.5 Å². The maximum Gasteiger partial charge on any atom is 0.135 e. The second kappa shape index (κ2) is 5.93. The Morgan fingerprint density at radius 3 is 3.00 bits per heavy atom. The van der Waals surface area contributed by atoms with Gasteiger partial charge in [0.25, 0.3) is 0 Å². The topological polar surface area (TPSA) is 53.1 Å². The monoisotopic (exact) mass is 251 g/mol. The summed E-state index contributed by atoms with van der Waals surface area (Å²) in [6.07, 6.45) is 0.993. The lowest BCUT2D eigenvalue weighted by atomic mass is 10.3. The van der Waals surface area contributed by atoms with E-state index in [0.29, 0.717) is 25.3 Å². The van der Waals surface area contributed by atoms with Gasteiger partial charge in [-0.25, -0.2) is 9.37 Å². The molecule has 1 aromatic carbocycles. The van der Waals surface area contributed by atoms with Crippen LogP contribution in [-0.2, 0) is 17.9 Å². The number of nitrogens with two attached hydrogens (primary N) is 1. The van der Waals surface area contributed by atoms with Gasteiger partial charge in [-0.05, 0) is 18.6 Å². The number of hydrogen-bond donors (Lipinski definition) is 1. The van der Waals surface area contributed by atoms with Crippen molar-refractivity contribution in [3.63, 3.8) is 0 Å². The standard InChI is InChI=1S/C13H18FN3O/c1-2-6-17-12-4-3-10(14)8-11(12)16-13(17)9-18-7-5-15/h3-4,8H,2,5-7,9,15H2,1H3. The first-order valence-electron chi connectivity index (χ1n) is 6.18. The summed E-state index contributed by atoms with van der Waals surface area (Å²) in [7, 11) is 0. The normalized spacial score (nSPS) is 11.3. The largest absolute Gasteiger partial charge is 0.372 e. The zero-order valence-electron chi connectivity index (χ0n) is 10.5. The van der Waals surface area contributed by atoms with Crippen LogP contribution < -0.4 is 5.73 Å². The Kier molecular flexibility index (Phi) is 4.28. The second-order valence-corrected chi connectivity index (χ2v) is 4.15. The molecule has 0 aliphatic heterocycles. The van der Waals surface area contributed by atoms with E-state index in [-0.39, 0.29) is 5.82 Å². The van der Waals surface area contributed by atoms with Gasteiger partial charge >= 0.3 is 0 Å². The number of ether oxygens (including phenoxy) is 1. The van der Waals surface area contributed by atoms with E-state index in [1.165, 1.54) is 12.1 Å². The van der Waals surface area contributed by atoms with E-state index in [9.17, 15) is 4.39 Å². The molecule has 2 aromatic rings. The fourth-order valence-corrected chi connectivity index (χ4v) is 1.98. The van der Waals surface area contributed by atoms with Crippen LogP contribution in [0.1, 0.15) is 19.2 Å². The summed E-state index contributed by atoms with van der Waals surface area (Å²) < 4.78 is 20.7. The highest BCUT2D eigenvalue weighted by atomic mass is 19.1. The molecule has 1 aromatic heterocycles. The first-order valence-corrected chi connectivity index (χ1v) is 6.18. The molecule has 0 amide bonds. The minimum absolute atomic E-state index is 0.266. The fourth-order valence-electron chi connectivity index (χ4n) is 1.98. The van der Waals surface area contributed by atoms with Gasteiger partial charge in [0.15, 0.2) is 0 Å². The van der Waals surface area contributed by atoms with Gasteiger partial charge in [0, 0.05) is 19.2 Å². The maximum atomic E-state index is 13.2. The Morgan fingerprint density at radius 1 is 1.44 bits per heavy atom. The maximum absolute atomic E-state index is 13.2. The number of benzene rings is 1. The van der Waals surface area contributed by atoms with Gasteiger partial charge in [0.1, 0.15) is 18.2 Å². The van der Waals surface area contributed by atoms with Gasteiger partial charge in [-0.3, -0.25) is 0 Å². The Hall–Kier alpha value is -1.46. The van der Waals surface area contributed by atoms with Crippen molar-refractivity contribution in [3.05, 3.63) is 29.8 Å². The average molecular weight is 251 g/mol. The van der Waals surface area contributed by atoms with Crippen LogP contribution in [0.15, 0.2) is 18.2 Å². The SMILES string of the molecule is CCCn1c(COCCN)nc2cc(F)ccc21. The molecule has 4 nitrogen and oxygen atoms in total. The molecule has 1 heterocycles. The summed E-state index contributed by atoms with van der Waals surface area (Å²) >= 11 is 0. The predicted molar refractivity (Wildman–Crippen MR) is 68.7 cm³/mol. The molecule has 2 rings (SSSR count). The Labute approximate surface area is 106 Å². The van der Waals surface area contributed by atoms with Crippen molar-refractivity contribution >= 4 is 11.0 Å². The van der Waals surface area contributed by atoms with Crippen LogP contribution in [0, 0.1) is 5.82 Å². The van der Waals surface area contributed by atoms with E-state index in [4.69, 9.17) is 10.5 Å². The Morgan fingerprint density at radius 2 is 2.28 bits per heavy atom. The van der Waals surface area contributed by atoms with Crippen LogP contribution in [-0.4, -0.2) is 22.7 Å². The number of rotatable bonds is 6. The summed E-state index contributed by atoms with van der Waals surface area (Å²) in [6, 6.07) is 4.67. The molecule has 0 bridgehead atoms. The third-order valence-corrected chi connectivity index (χ3v) is 2.73. The molecule has 0 aliphatic rings. The Balaban J connectivity index is 2.34. The first kappa shape index (κ1) is 13.0. The molecule has 5 heteroatoms. The number of halogens is 1. The Bertz CT molecular complexity index is 524. The number of fused-ring (bicyclic) bond motifs is 1. The summed E-state index contributed by atoms with van der Waals surface area (Å²) in [5, 5.41) is 0. The first-order chi connectivity index (χ1) is 8.76. The van der Waals surface area contributed by atoms with Crippen molar-refractivity contribution in [3.8, 4) is 0 Å². The third-order valence-electron chi connectivity index (χ3n) is 2.73. The van der Waals surface area contributed by atoms with Gasteiger partial charge in [-0.15, -0.1) is 0 Å². The number of hydrogen-bond acceptors (Lipinski definition) is 3. The molecular weight excluding hydrogens is 233 g/mol. The van der Waals surface area contributed by atoms with Gasteiger partial charge in [-0.2, -0.15) is 0 Å². The quantitative estimate of drug-likeness (QED) is 0.799. The van der Waals surface area contributed by atoms with E-state index in [2.05, 4.69) is 16.5 Å². The molecule has 0 saturated heterocycles. The van der Waals surface area contributed by atoms with Crippen LogP contribution in [0.25, 0.3) is 11.0 Å². The van der Waals surface area contributed by atoms with Crippen molar-refractivity contribution < 1.29 is 9.13 Å². The van der Waals surface area contributed by atoms with Crippen molar-refractivity contribution in [1.82, 2.24) is 9.55 Å². The average Bonchev–Trinajstić information content (AvgIpc) is 2.68. The van der Waals surface area contributed by atoms with Gasteiger partial charge < -0.3 is 15.0 Å². The van der Waals surface area contributed by atoms with Gasteiger partial charge in [0.05, 0.1) is 17.6 Å². The minimum atomic E-state index is -0.266. The zero-order valence-corrected chi connectivity index (χ0v) is 10.5. The van der Waals surface area contributed by atoms with Crippen LogP contribution in [0.4, 0.5) is 4.39 Å². The lowest BCUT2D eigenvalue weighted by Crippen LogP contribution is -2.11. The summed E-state index contributed by atoms with van der Waals surface area (Å²) in [6.45, 7) is 4.35. The second-order valence-electron chi connectivity index (χ2n) is 4.15. The molecule has 0 spiro atoms. The van der Waals surface area contributed by atoms with Crippen LogP contribution in [0.2, 0.25) is 0 Å². The fraction of sp³-hybridized carbons (Fsp3) is 0.462. The van der Waals surface area contributed by atoms with Crippen LogP contribution in [0.5, 0.6) is 0 Å². The minimum Gasteiger partial charge on any atom is -0.372 e. The van der Waals surface area contributed by atoms with Crippen molar-refractivity contribution in [2.24, 2.45) is 5.73 Å². The summed E-state index contributed by atoms with van der Waals surface area (Å²) in [4.78, 5) is 4.42. The highest BCUT2D eigenvalue weighted by molar-refractivity contribution is 5.76. The number of aryl methyl sites for hydroxylation is 1. The number of aromatic nitrogens is 2. The summed E-state index contributed by atoms with van der Waals surface area (Å²) in [5.74, 6) is 0.559. The molecule has 98 valence electrons. The lowest BCUT2D eigenvalue weighted by Gasteiger charge is -2.07. The molecule has 18 heavy (non-hydrogen) atoms.